The Morgan fingerprint density at radius 3 is 2.21 bits per heavy atom. The first kappa shape index (κ1) is 24.2. The Morgan fingerprint density at radius 1 is 1.04 bits per heavy atom. The number of nitrogens with one attached hydrogen (secondary N) is 2. The Morgan fingerprint density at radius 2 is 1.67 bits per heavy atom. The highest BCUT2D eigenvalue weighted by Crippen LogP contribution is 2.28. The lowest BCUT2D eigenvalue weighted by Gasteiger charge is -2.06. The van der Waals surface area contributed by atoms with Crippen LogP contribution in [0.25, 0.3) is 0 Å². The molecule has 1 aliphatic rings. The molecular formula is C19H38N2O3. The van der Waals surface area contributed by atoms with E-state index in [0.29, 0.717) is 6.54 Å². The number of ether oxygens (including phenoxy) is 1. The first-order valence-corrected chi connectivity index (χ1v) is 8.97. The van der Waals surface area contributed by atoms with Gasteiger partial charge in [0.15, 0.2) is 0 Å². The summed E-state index contributed by atoms with van der Waals surface area (Å²) in [6.07, 6.45) is 0.467. The third kappa shape index (κ3) is 10.6. The number of carbonyl (C=O) groups is 2. The van der Waals surface area contributed by atoms with Crippen LogP contribution in [0, 0.1) is 0 Å². The lowest BCUT2D eigenvalue weighted by Crippen LogP contribution is -2.36. The summed E-state index contributed by atoms with van der Waals surface area (Å²) in [7, 11) is 0. The van der Waals surface area contributed by atoms with E-state index in [9.17, 15) is 9.59 Å². The number of hydrogen-bond donors (Lipinski definition) is 2. The maximum atomic E-state index is 11.3. The van der Waals surface area contributed by atoms with Gasteiger partial charge in [-0.2, -0.15) is 0 Å². The molecule has 0 radical (unpaired) electrons. The van der Waals surface area contributed by atoms with Gasteiger partial charge in [0.25, 0.3) is 0 Å². The SMILES string of the molecule is CC.CC.CC.CCNC(=O)CNC(=O)OCc1ccc2c(c1)C2.[HH].[HH]. The molecule has 24 heavy (non-hydrogen) atoms. The van der Waals surface area contributed by atoms with Crippen LogP contribution in [-0.2, 0) is 22.6 Å². The molecule has 0 spiro atoms. The third-order valence-corrected chi connectivity index (χ3v) is 2.66. The van der Waals surface area contributed by atoms with Crippen LogP contribution in [0.4, 0.5) is 4.79 Å². The van der Waals surface area contributed by atoms with Gasteiger partial charge in [-0.3, -0.25) is 4.79 Å². The van der Waals surface area contributed by atoms with E-state index in [4.69, 9.17) is 4.74 Å². The highest BCUT2D eigenvalue weighted by atomic mass is 16.5. The van der Waals surface area contributed by atoms with Crippen molar-refractivity contribution in [2.75, 3.05) is 13.1 Å². The van der Waals surface area contributed by atoms with Gasteiger partial charge in [0.2, 0.25) is 5.91 Å². The fourth-order valence-corrected chi connectivity index (χ4v) is 1.65. The highest BCUT2D eigenvalue weighted by molar-refractivity contribution is 5.81. The van der Waals surface area contributed by atoms with E-state index in [-0.39, 0.29) is 21.9 Å². The topological polar surface area (TPSA) is 67.4 Å². The molecule has 0 saturated heterocycles. The summed E-state index contributed by atoms with van der Waals surface area (Å²) in [5, 5.41) is 4.97. The Balaban J connectivity index is -0.000000275. The predicted octanol–water partition coefficient (Wildman–Crippen LogP) is 4.52. The number of alkyl carbamates (subject to hydrolysis) is 1. The minimum Gasteiger partial charge on any atom is -0.445 e. The zero-order valence-corrected chi connectivity index (χ0v) is 16.3. The number of amides is 2. The van der Waals surface area contributed by atoms with Gasteiger partial charge in [-0.15, -0.1) is 0 Å². The third-order valence-electron chi connectivity index (χ3n) is 2.66. The molecule has 0 heterocycles. The molecule has 0 atom stereocenters. The number of rotatable bonds is 5. The van der Waals surface area contributed by atoms with Crippen molar-refractivity contribution in [1.82, 2.24) is 10.6 Å². The Bertz CT molecular complexity index is 484. The second-order valence-electron chi connectivity index (χ2n) is 4.16. The molecule has 0 aliphatic heterocycles. The van der Waals surface area contributed by atoms with Crippen LogP contribution >= 0.6 is 0 Å². The Labute approximate surface area is 150 Å². The Kier molecular flexibility index (Phi) is 16.0. The van der Waals surface area contributed by atoms with E-state index in [1.165, 1.54) is 11.1 Å². The van der Waals surface area contributed by atoms with Gasteiger partial charge in [-0.05, 0) is 30.0 Å². The fraction of sp³-hybridized carbons (Fsp3) is 0.579. The molecule has 2 rings (SSSR count). The van der Waals surface area contributed by atoms with Crippen LogP contribution in [0.15, 0.2) is 18.2 Å². The van der Waals surface area contributed by atoms with E-state index in [0.717, 1.165) is 12.0 Å². The summed E-state index contributed by atoms with van der Waals surface area (Å²) >= 11 is 0. The minimum atomic E-state index is -0.578. The van der Waals surface area contributed by atoms with Crippen molar-refractivity contribution in [3.63, 3.8) is 0 Å². The van der Waals surface area contributed by atoms with Crippen LogP contribution < -0.4 is 10.6 Å². The molecule has 0 bridgehead atoms. The van der Waals surface area contributed by atoms with Crippen molar-refractivity contribution in [2.45, 2.75) is 61.5 Å². The van der Waals surface area contributed by atoms with Gasteiger partial charge in [-0.25, -0.2) is 4.79 Å². The molecule has 142 valence electrons. The summed E-state index contributed by atoms with van der Waals surface area (Å²) < 4.78 is 5.00. The van der Waals surface area contributed by atoms with Crippen molar-refractivity contribution in [2.24, 2.45) is 0 Å². The molecule has 2 amide bonds. The summed E-state index contributed by atoms with van der Waals surface area (Å²) in [5.74, 6) is -0.223. The minimum absolute atomic E-state index is 0. The molecular weight excluding hydrogens is 304 g/mol. The highest BCUT2D eigenvalue weighted by Gasteiger charge is 2.16. The second kappa shape index (κ2) is 15.8. The van der Waals surface area contributed by atoms with Crippen molar-refractivity contribution in [1.29, 1.82) is 0 Å². The number of likely N-dealkylation sites (N-methyl/N-ethyl adjacent to an activating group) is 1. The quantitative estimate of drug-likeness (QED) is 0.839. The van der Waals surface area contributed by atoms with Crippen LogP contribution in [0.2, 0.25) is 0 Å². The van der Waals surface area contributed by atoms with Crippen LogP contribution in [0.1, 0.15) is 68.0 Å². The first-order valence-electron chi connectivity index (χ1n) is 8.97. The molecule has 1 aromatic rings. The van der Waals surface area contributed by atoms with Crippen molar-refractivity contribution in [3.05, 3.63) is 34.9 Å². The summed E-state index contributed by atoms with van der Waals surface area (Å²) in [4.78, 5) is 22.4. The summed E-state index contributed by atoms with van der Waals surface area (Å²) in [6, 6.07) is 6.02. The monoisotopic (exact) mass is 342 g/mol. The largest absolute Gasteiger partial charge is 0.445 e. The van der Waals surface area contributed by atoms with E-state index >= 15 is 0 Å². The molecule has 5 nitrogen and oxygen atoms in total. The van der Waals surface area contributed by atoms with Gasteiger partial charge in [-0.1, -0.05) is 59.7 Å². The van der Waals surface area contributed by atoms with E-state index in [1.54, 1.807) is 0 Å². The van der Waals surface area contributed by atoms with E-state index in [1.807, 2.05) is 66.7 Å². The number of carbonyl (C=O) groups excluding carboxylic acids is 2. The molecule has 0 unspecified atom stereocenters. The van der Waals surface area contributed by atoms with E-state index in [2.05, 4.69) is 10.6 Å². The molecule has 1 aromatic carbocycles. The molecule has 1 aliphatic carbocycles. The van der Waals surface area contributed by atoms with Crippen LogP contribution in [0.5, 0.6) is 0 Å². The number of benzene rings is 1. The Hall–Kier alpha value is -2.04. The zero-order chi connectivity index (χ0) is 19.0. The molecule has 0 aromatic heterocycles. The number of hydrogen-bond acceptors (Lipinski definition) is 3. The van der Waals surface area contributed by atoms with Gasteiger partial charge < -0.3 is 15.4 Å². The summed E-state index contributed by atoms with van der Waals surface area (Å²) in [5.41, 5.74) is 3.65. The lowest BCUT2D eigenvalue weighted by molar-refractivity contribution is -0.120. The molecule has 5 heteroatoms. The van der Waals surface area contributed by atoms with Gasteiger partial charge in [0.05, 0.1) is 6.54 Å². The van der Waals surface area contributed by atoms with E-state index < -0.39 is 6.09 Å². The van der Waals surface area contributed by atoms with Crippen LogP contribution in [0.3, 0.4) is 0 Å². The molecule has 0 fully saturated rings. The van der Waals surface area contributed by atoms with Crippen molar-refractivity contribution in [3.8, 4) is 0 Å². The zero-order valence-electron chi connectivity index (χ0n) is 16.3. The maximum Gasteiger partial charge on any atom is 0.407 e. The molecule has 2 N–H and O–H groups in total. The fourth-order valence-electron chi connectivity index (χ4n) is 1.65. The first-order chi connectivity index (χ1) is 11.7. The van der Waals surface area contributed by atoms with Crippen molar-refractivity contribution < 1.29 is 17.2 Å². The predicted molar refractivity (Wildman–Crippen MR) is 104 cm³/mol. The second-order valence-corrected chi connectivity index (χ2v) is 4.16. The van der Waals surface area contributed by atoms with Crippen LogP contribution in [-0.4, -0.2) is 25.1 Å². The normalized spacial score (nSPS) is 9.29. The molecule has 0 saturated carbocycles. The van der Waals surface area contributed by atoms with Gasteiger partial charge >= 0.3 is 6.09 Å². The average molecular weight is 343 g/mol. The summed E-state index contributed by atoms with van der Waals surface area (Å²) in [6.45, 7) is 14.5. The van der Waals surface area contributed by atoms with Crippen molar-refractivity contribution >= 4 is 12.0 Å². The average Bonchev–Trinajstić information content (AvgIpc) is 3.42. The van der Waals surface area contributed by atoms with Gasteiger partial charge in [0, 0.05) is 9.40 Å². The lowest BCUT2D eigenvalue weighted by atomic mass is 10.2. The standard InChI is InChI=1S/C13H16N2O3.3C2H6.2H2/c1-2-14-12(16)7-15-13(17)18-8-9-3-4-10-6-11(10)5-9;3*1-2;;/h3-5H,2,6-8H2,1H3,(H,14,16)(H,15,17);3*1-2H3;2*1H. The number of fused-ring (bicyclic) bond motifs is 1. The maximum absolute atomic E-state index is 11.3. The smallest absolute Gasteiger partial charge is 0.407 e. The van der Waals surface area contributed by atoms with Gasteiger partial charge in [0.1, 0.15) is 6.61 Å².